The van der Waals surface area contributed by atoms with Crippen LogP contribution in [-0.2, 0) is 14.3 Å². The van der Waals surface area contributed by atoms with Gasteiger partial charge in [0.2, 0.25) is 0 Å². The molecule has 1 aliphatic rings. The van der Waals surface area contributed by atoms with E-state index in [1.54, 1.807) is 18.2 Å². The summed E-state index contributed by atoms with van der Waals surface area (Å²) in [6.07, 6.45) is 0.630. The molecule has 178 valence electrons. The quantitative estimate of drug-likeness (QED) is 0.323. The minimum atomic E-state index is -0.691. The lowest BCUT2D eigenvalue weighted by molar-refractivity contribution is -0.120. The van der Waals surface area contributed by atoms with Crippen LogP contribution in [-0.4, -0.2) is 24.4 Å². The number of para-hydroxylation sites is 2. The summed E-state index contributed by atoms with van der Waals surface area (Å²) in [6, 6.07) is 19.6. The van der Waals surface area contributed by atoms with Crippen LogP contribution < -0.4 is 10.2 Å². The maximum absolute atomic E-state index is 14.4. The smallest absolute Gasteiger partial charge is 0.340 e. The van der Waals surface area contributed by atoms with Crippen LogP contribution >= 0.6 is 11.8 Å². The van der Waals surface area contributed by atoms with E-state index >= 15 is 0 Å². The van der Waals surface area contributed by atoms with Gasteiger partial charge in [-0.1, -0.05) is 60.6 Å². The van der Waals surface area contributed by atoms with Crippen LogP contribution in [0.2, 0.25) is 0 Å². The Bertz CT molecular complexity index is 1320. The third-order valence-corrected chi connectivity index (χ3v) is 6.31. The lowest BCUT2D eigenvalue weighted by Crippen LogP contribution is -2.33. The van der Waals surface area contributed by atoms with Gasteiger partial charge in [0.1, 0.15) is 16.4 Å². The molecule has 0 spiro atoms. The van der Waals surface area contributed by atoms with Gasteiger partial charge in [0.25, 0.3) is 11.8 Å². The Kier molecular flexibility index (Phi) is 7.31. The van der Waals surface area contributed by atoms with Crippen LogP contribution in [0.1, 0.15) is 29.3 Å². The van der Waals surface area contributed by atoms with Crippen molar-refractivity contribution >= 4 is 40.9 Å². The van der Waals surface area contributed by atoms with Gasteiger partial charge < -0.3 is 10.1 Å². The van der Waals surface area contributed by atoms with E-state index in [1.807, 2.05) is 38.1 Å². The molecule has 0 radical (unpaired) electrons. The first-order chi connectivity index (χ1) is 16.9. The van der Waals surface area contributed by atoms with Crippen molar-refractivity contribution in [3.05, 3.63) is 100 Å². The fourth-order valence-electron chi connectivity index (χ4n) is 3.47. The van der Waals surface area contributed by atoms with Crippen molar-refractivity contribution in [2.24, 2.45) is 0 Å². The average molecular weight is 491 g/mol. The highest BCUT2D eigenvalue weighted by molar-refractivity contribution is 8.04. The van der Waals surface area contributed by atoms with Gasteiger partial charge in [0.15, 0.2) is 0 Å². The Morgan fingerprint density at radius 2 is 1.66 bits per heavy atom. The molecule has 4 rings (SSSR count). The standard InChI is InChI=1S/C27H23FN2O4S/c1-3-16-34-27(33)19-8-4-7-11-22(19)30-25(31)23(29-21-10-6-5-9-20(21)28)24(26(30)32)35-18-14-12-17(2)13-15-18/h4-15,29H,3,16H2,1-2H3. The molecule has 1 heterocycles. The number of thioether (sulfide) groups is 1. The topological polar surface area (TPSA) is 75.7 Å². The van der Waals surface area contributed by atoms with Crippen LogP contribution in [0, 0.1) is 12.7 Å². The summed E-state index contributed by atoms with van der Waals surface area (Å²) in [5, 5.41) is 2.81. The molecule has 0 fully saturated rings. The van der Waals surface area contributed by atoms with E-state index in [2.05, 4.69) is 5.32 Å². The zero-order valence-electron chi connectivity index (χ0n) is 19.2. The zero-order chi connectivity index (χ0) is 24.9. The number of nitrogens with one attached hydrogen (secondary N) is 1. The van der Waals surface area contributed by atoms with E-state index in [0.717, 1.165) is 27.1 Å². The number of imide groups is 1. The van der Waals surface area contributed by atoms with Gasteiger partial charge in [-0.05, 0) is 49.7 Å². The van der Waals surface area contributed by atoms with Crippen LogP contribution in [0.5, 0.6) is 0 Å². The zero-order valence-corrected chi connectivity index (χ0v) is 20.0. The normalized spacial score (nSPS) is 13.4. The molecule has 0 atom stereocenters. The number of benzene rings is 3. The van der Waals surface area contributed by atoms with E-state index in [1.165, 1.54) is 30.3 Å². The van der Waals surface area contributed by atoms with E-state index in [0.29, 0.717) is 6.42 Å². The highest BCUT2D eigenvalue weighted by Gasteiger charge is 2.42. The van der Waals surface area contributed by atoms with Gasteiger partial charge in [-0.15, -0.1) is 0 Å². The van der Waals surface area contributed by atoms with Gasteiger partial charge in [-0.2, -0.15) is 0 Å². The molecule has 0 aromatic heterocycles. The summed E-state index contributed by atoms with van der Waals surface area (Å²) in [5.41, 5.74) is 1.24. The monoisotopic (exact) mass is 490 g/mol. The molecule has 2 amide bonds. The highest BCUT2D eigenvalue weighted by atomic mass is 32.2. The van der Waals surface area contributed by atoms with Gasteiger partial charge in [0.05, 0.1) is 23.5 Å². The van der Waals surface area contributed by atoms with E-state index < -0.39 is 23.6 Å². The molecule has 3 aromatic carbocycles. The number of esters is 1. The first-order valence-electron chi connectivity index (χ1n) is 11.1. The van der Waals surface area contributed by atoms with Crippen molar-refractivity contribution in [3.8, 4) is 0 Å². The van der Waals surface area contributed by atoms with Crippen LogP contribution in [0.4, 0.5) is 15.8 Å². The molecule has 8 heteroatoms. The molecule has 3 aromatic rings. The number of anilines is 2. The number of halogens is 1. The van der Waals surface area contributed by atoms with Gasteiger partial charge in [-0.3, -0.25) is 9.59 Å². The Hall–Kier alpha value is -3.91. The lowest BCUT2D eigenvalue weighted by atomic mass is 10.1. The lowest BCUT2D eigenvalue weighted by Gasteiger charge is -2.18. The highest BCUT2D eigenvalue weighted by Crippen LogP contribution is 2.39. The second kappa shape index (κ2) is 10.6. The molecular formula is C27H23FN2O4S. The van der Waals surface area contributed by atoms with Crippen molar-refractivity contribution < 1.29 is 23.5 Å². The van der Waals surface area contributed by atoms with Crippen molar-refractivity contribution in [3.63, 3.8) is 0 Å². The largest absolute Gasteiger partial charge is 0.462 e. The van der Waals surface area contributed by atoms with E-state index in [4.69, 9.17) is 4.74 Å². The number of hydrogen-bond acceptors (Lipinski definition) is 6. The first kappa shape index (κ1) is 24.2. The van der Waals surface area contributed by atoms with Gasteiger partial charge in [0, 0.05) is 4.90 Å². The minimum Gasteiger partial charge on any atom is -0.462 e. The number of aryl methyl sites for hydroxylation is 1. The Balaban J connectivity index is 1.76. The number of ether oxygens (including phenoxy) is 1. The van der Waals surface area contributed by atoms with Gasteiger partial charge >= 0.3 is 5.97 Å². The molecule has 0 bridgehead atoms. The molecule has 1 aliphatic heterocycles. The summed E-state index contributed by atoms with van der Waals surface area (Å²) < 4.78 is 19.7. The summed E-state index contributed by atoms with van der Waals surface area (Å²) in [4.78, 5) is 41.6. The number of rotatable bonds is 8. The molecule has 6 nitrogen and oxygen atoms in total. The van der Waals surface area contributed by atoms with Crippen LogP contribution in [0.15, 0.2) is 88.3 Å². The van der Waals surface area contributed by atoms with Crippen molar-refractivity contribution in [1.82, 2.24) is 0 Å². The number of nitrogens with zero attached hydrogens (tertiary/aromatic N) is 1. The molecular weight excluding hydrogens is 467 g/mol. The molecule has 0 saturated carbocycles. The van der Waals surface area contributed by atoms with Crippen LogP contribution in [0.25, 0.3) is 0 Å². The predicted octanol–water partition coefficient (Wildman–Crippen LogP) is 5.69. The molecule has 35 heavy (non-hydrogen) atoms. The molecule has 0 unspecified atom stereocenters. The first-order valence-corrected chi connectivity index (χ1v) is 11.9. The predicted molar refractivity (Wildman–Crippen MR) is 134 cm³/mol. The van der Waals surface area contributed by atoms with E-state index in [-0.39, 0.29) is 34.1 Å². The second-order valence-electron chi connectivity index (χ2n) is 7.82. The third kappa shape index (κ3) is 5.12. The molecule has 0 aliphatic carbocycles. The van der Waals surface area contributed by atoms with Crippen molar-refractivity contribution in [1.29, 1.82) is 0 Å². The second-order valence-corrected chi connectivity index (χ2v) is 8.91. The number of amides is 2. The fourth-order valence-corrected chi connectivity index (χ4v) is 4.40. The van der Waals surface area contributed by atoms with E-state index in [9.17, 15) is 18.8 Å². The Labute approximate surface area is 206 Å². The van der Waals surface area contributed by atoms with Crippen molar-refractivity contribution in [2.75, 3.05) is 16.8 Å². The SMILES string of the molecule is CCCOC(=O)c1ccccc1N1C(=O)C(Nc2ccccc2F)=C(Sc2ccc(C)cc2)C1=O. The number of hydrogen-bond donors (Lipinski definition) is 1. The number of carbonyl (C=O) groups excluding carboxylic acids is 3. The summed E-state index contributed by atoms with van der Waals surface area (Å²) >= 11 is 1.10. The summed E-state index contributed by atoms with van der Waals surface area (Å²) in [7, 11) is 0. The average Bonchev–Trinajstić information content (AvgIpc) is 3.09. The molecule has 1 N–H and O–H groups in total. The Morgan fingerprint density at radius 3 is 2.37 bits per heavy atom. The fraction of sp³-hybridized carbons (Fsp3) is 0.148. The Morgan fingerprint density at radius 1 is 0.971 bits per heavy atom. The summed E-state index contributed by atoms with van der Waals surface area (Å²) in [5.74, 6) is -2.51. The minimum absolute atomic E-state index is 0.0585. The summed E-state index contributed by atoms with van der Waals surface area (Å²) in [6.45, 7) is 4.02. The number of carbonyl (C=O) groups is 3. The maximum atomic E-state index is 14.4. The third-order valence-electron chi connectivity index (χ3n) is 5.22. The van der Waals surface area contributed by atoms with Crippen molar-refractivity contribution in [2.45, 2.75) is 25.2 Å². The molecule has 0 saturated heterocycles. The maximum Gasteiger partial charge on any atom is 0.340 e. The van der Waals surface area contributed by atoms with Gasteiger partial charge in [-0.25, -0.2) is 14.1 Å². The van der Waals surface area contributed by atoms with Crippen LogP contribution in [0.3, 0.4) is 0 Å².